The fourth-order valence-corrected chi connectivity index (χ4v) is 1.98. The normalized spacial score (nSPS) is 12.2. The molecule has 2 aromatic rings. The van der Waals surface area contributed by atoms with E-state index < -0.39 is 0 Å². The standard InChI is InChI=1S/C15H22N6O/c1-3-4-5-8-17-15(16)21-19-10-11-9-18-12-6-7-13(22-2)20-14(11)12/h6-7,9-10,18H,3-5,8H2,1-2H3,(H3,16,17,21)/b19-10+. The maximum Gasteiger partial charge on any atom is 0.213 e. The van der Waals surface area contributed by atoms with Crippen LogP contribution in [0.3, 0.4) is 0 Å². The molecule has 4 N–H and O–H groups in total. The molecule has 0 radical (unpaired) electrons. The second-order valence-electron chi connectivity index (χ2n) is 4.84. The van der Waals surface area contributed by atoms with Crippen molar-refractivity contribution in [1.82, 2.24) is 15.4 Å². The lowest BCUT2D eigenvalue weighted by atomic mass is 10.2. The highest BCUT2D eigenvalue weighted by molar-refractivity contribution is 5.97. The minimum atomic E-state index is 0.317. The van der Waals surface area contributed by atoms with Gasteiger partial charge in [0.1, 0.15) is 5.52 Å². The predicted molar refractivity (Wildman–Crippen MR) is 89.4 cm³/mol. The van der Waals surface area contributed by atoms with Crippen molar-refractivity contribution in [1.29, 1.82) is 0 Å². The summed E-state index contributed by atoms with van der Waals surface area (Å²) >= 11 is 0. The molecular formula is C15H22N6O. The van der Waals surface area contributed by atoms with E-state index >= 15 is 0 Å². The van der Waals surface area contributed by atoms with Gasteiger partial charge in [-0.3, -0.25) is 4.99 Å². The minimum Gasteiger partial charge on any atom is -0.481 e. The van der Waals surface area contributed by atoms with Gasteiger partial charge in [-0.05, 0) is 12.5 Å². The maximum atomic E-state index is 5.74. The zero-order valence-electron chi connectivity index (χ0n) is 13.0. The number of aromatic nitrogens is 2. The van der Waals surface area contributed by atoms with Crippen LogP contribution >= 0.6 is 0 Å². The number of guanidine groups is 1. The van der Waals surface area contributed by atoms with E-state index in [1.807, 2.05) is 12.3 Å². The van der Waals surface area contributed by atoms with Gasteiger partial charge in [-0.15, -0.1) is 0 Å². The summed E-state index contributed by atoms with van der Waals surface area (Å²) in [6.07, 6.45) is 6.84. The monoisotopic (exact) mass is 302 g/mol. The molecule has 0 fully saturated rings. The fourth-order valence-electron chi connectivity index (χ4n) is 1.98. The Morgan fingerprint density at radius 1 is 1.45 bits per heavy atom. The molecule has 7 nitrogen and oxygen atoms in total. The number of rotatable bonds is 7. The summed E-state index contributed by atoms with van der Waals surface area (Å²) in [6, 6.07) is 3.72. The fraction of sp³-hybridized carbons (Fsp3) is 0.400. The van der Waals surface area contributed by atoms with Gasteiger partial charge in [0.25, 0.3) is 0 Å². The lowest BCUT2D eigenvalue weighted by molar-refractivity contribution is 0.399. The Kier molecular flexibility index (Phi) is 5.76. The number of nitrogens with zero attached hydrogens (tertiary/aromatic N) is 3. The van der Waals surface area contributed by atoms with Gasteiger partial charge in [0.05, 0.1) is 18.8 Å². The van der Waals surface area contributed by atoms with Crippen LogP contribution in [0.25, 0.3) is 11.0 Å². The number of aliphatic imine (C=N–C) groups is 1. The van der Waals surface area contributed by atoms with Gasteiger partial charge in [-0.2, -0.15) is 5.10 Å². The van der Waals surface area contributed by atoms with Gasteiger partial charge in [0.15, 0.2) is 0 Å². The van der Waals surface area contributed by atoms with Crippen molar-refractivity contribution < 1.29 is 4.74 Å². The SMILES string of the molecule is CCCCCN=C(N)N/N=C/c1c[nH]c2ccc(OC)nc12. The molecule has 118 valence electrons. The summed E-state index contributed by atoms with van der Waals surface area (Å²) in [6.45, 7) is 2.87. The van der Waals surface area contributed by atoms with Crippen LogP contribution in [0.4, 0.5) is 0 Å². The highest BCUT2D eigenvalue weighted by atomic mass is 16.5. The molecule has 0 spiro atoms. The summed E-state index contributed by atoms with van der Waals surface area (Å²) in [5.41, 5.74) is 11.0. The molecule has 0 aliphatic heterocycles. The molecule has 2 heterocycles. The number of unbranched alkanes of at least 4 members (excludes halogenated alkanes) is 2. The van der Waals surface area contributed by atoms with Gasteiger partial charge < -0.3 is 15.5 Å². The van der Waals surface area contributed by atoms with Crippen molar-refractivity contribution >= 4 is 23.2 Å². The Balaban J connectivity index is 1.98. The summed E-state index contributed by atoms with van der Waals surface area (Å²) in [5.74, 6) is 0.879. The smallest absolute Gasteiger partial charge is 0.213 e. The molecule has 22 heavy (non-hydrogen) atoms. The number of nitrogens with two attached hydrogens (primary N) is 1. The van der Waals surface area contributed by atoms with Gasteiger partial charge >= 0.3 is 0 Å². The first-order valence-corrected chi connectivity index (χ1v) is 7.35. The van der Waals surface area contributed by atoms with Crippen molar-refractivity contribution in [2.75, 3.05) is 13.7 Å². The van der Waals surface area contributed by atoms with E-state index in [0.29, 0.717) is 18.4 Å². The summed E-state index contributed by atoms with van der Waals surface area (Å²) in [4.78, 5) is 11.7. The average molecular weight is 302 g/mol. The van der Waals surface area contributed by atoms with Gasteiger partial charge in [0.2, 0.25) is 11.8 Å². The number of pyridine rings is 1. The Labute approximate surface area is 129 Å². The molecule has 7 heteroatoms. The van der Waals surface area contributed by atoms with Crippen LogP contribution in [0.2, 0.25) is 0 Å². The quantitative estimate of drug-likeness (QED) is 0.315. The van der Waals surface area contributed by atoms with E-state index in [1.165, 1.54) is 0 Å². The molecule has 0 aromatic carbocycles. The molecule has 0 unspecified atom stereocenters. The molecule has 0 atom stereocenters. The Bertz CT molecular complexity index is 661. The molecule has 0 aliphatic carbocycles. The Morgan fingerprint density at radius 3 is 3.09 bits per heavy atom. The molecule has 2 aromatic heterocycles. The number of H-pyrrole nitrogens is 1. The maximum absolute atomic E-state index is 5.74. The molecule has 0 saturated carbocycles. The van der Waals surface area contributed by atoms with Gasteiger partial charge in [-0.1, -0.05) is 19.8 Å². The number of ether oxygens (including phenoxy) is 1. The first-order valence-electron chi connectivity index (χ1n) is 7.35. The molecule has 0 amide bonds. The largest absolute Gasteiger partial charge is 0.481 e. The zero-order valence-corrected chi connectivity index (χ0v) is 13.0. The van der Waals surface area contributed by atoms with Crippen molar-refractivity contribution in [3.05, 3.63) is 23.9 Å². The predicted octanol–water partition coefficient (Wildman–Crippen LogP) is 2.00. The van der Waals surface area contributed by atoms with Crippen LogP contribution in [-0.2, 0) is 0 Å². The van der Waals surface area contributed by atoms with Crippen LogP contribution < -0.4 is 15.9 Å². The zero-order chi connectivity index (χ0) is 15.8. The van der Waals surface area contributed by atoms with E-state index in [-0.39, 0.29) is 0 Å². The van der Waals surface area contributed by atoms with Crippen LogP contribution in [0.1, 0.15) is 31.7 Å². The third-order valence-electron chi connectivity index (χ3n) is 3.16. The molecular weight excluding hydrogens is 280 g/mol. The molecule has 0 aliphatic rings. The van der Waals surface area contributed by atoms with Gasteiger partial charge in [0, 0.05) is 24.4 Å². The highest BCUT2D eigenvalue weighted by Gasteiger charge is 2.04. The van der Waals surface area contributed by atoms with E-state index in [0.717, 1.165) is 35.9 Å². The third kappa shape index (κ3) is 4.21. The number of nitrogens with one attached hydrogen (secondary N) is 2. The topological polar surface area (TPSA) is 101 Å². The third-order valence-corrected chi connectivity index (χ3v) is 3.16. The number of aromatic amines is 1. The minimum absolute atomic E-state index is 0.317. The number of hydrogen-bond donors (Lipinski definition) is 3. The second kappa shape index (κ2) is 8.02. The van der Waals surface area contributed by atoms with E-state index in [1.54, 1.807) is 19.4 Å². The number of hydrogen-bond acceptors (Lipinski definition) is 4. The van der Waals surface area contributed by atoms with Crippen molar-refractivity contribution in [3.63, 3.8) is 0 Å². The van der Waals surface area contributed by atoms with E-state index in [2.05, 4.69) is 32.4 Å². The Morgan fingerprint density at radius 2 is 2.32 bits per heavy atom. The molecule has 0 saturated heterocycles. The highest BCUT2D eigenvalue weighted by Crippen LogP contribution is 2.18. The summed E-state index contributed by atoms with van der Waals surface area (Å²) in [7, 11) is 1.59. The lowest BCUT2D eigenvalue weighted by Gasteiger charge is -2.00. The van der Waals surface area contributed by atoms with Crippen molar-refractivity contribution in [3.8, 4) is 5.88 Å². The Hall–Kier alpha value is -2.57. The van der Waals surface area contributed by atoms with Crippen LogP contribution in [0.15, 0.2) is 28.4 Å². The van der Waals surface area contributed by atoms with Crippen molar-refractivity contribution in [2.45, 2.75) is 26.2 Å². The second-order valence-corrected chi connectivity index (χ2v) is 4.84. The number of hydrazone groups is 1. The molecule has 0 bridgehead atoms. The van der Waals surface area contributed by atoms with Crippen LogP contribution in [-0.4, -0.2) is 35.8 Å². The van der Waals surface area contributed by atoms with E-state index in [4.69, 9.17) is 10.5 Å². The average Bonchev–Trinajstić information content (AvgIpc) is 2.94. The number of methoxy groups -OCH3 is 1. The van der Waals surface area contributed by atoms with Crippen LogP contribution in [0.5, 0.6) is 5.88 Å². The van der Waals surface area contributed by atoms with Crippen molar-refractivity contribution in [2.24, 2.45) is 15.8 Å². The van der Waals surface area contributed by atoms with E-state index in [9.17, 15) is 0 Å². The van der Waals surface area contributed by atoms with Crippen LogP contribution in [0, 0.1) is 0 Å². The first-order chi connectivity index (χ1) is 10.7. The number of fused-ring (bicyclic) bond motifs is 1. The first kappa shape index (κ1) is 15.8. The van der Waals surface area contributed by atoms with Gasteiger partial charge in [-0.25, -0.2) is 10.4 Å². The lowest BCUT2D eigenvalue weighted by Crippen LogP contribution is -2.27. The molecule has 2 rings (SSSR count). The summed E-state index contributed by atoms with van der Waals surface area (Å²) < 4.78 is 5.13. The summed E-state index contributed by atoms with van der Waals surface area (Å²) in [5, 5.41) is 4.09.